The molecule has 3 heterocycles. The number of aryl methyl sites for hydroxylation is 1. The van der Waals surface area contributed by atoms with Crippen LogP contribution in [0.25, 0.3) is 11.3 Å². The van der Waals surface area contributed by atoms with E-state index in [0.717, 1.165) is 23.1 Å². The number of anilines is 4. The lowest BCUT2D eigenvalue weighted by atomic mass is 10.0. The molecule has 4 rings (SSSR count). The summed E-state index contributed by atoms with van der Waals surface area (Å²) in [6.07, 6.45) is 1.08. The van der Waals surface area contributed by atoms with Gasteiger partial charge in [0.05, 0.1) is 29.2 Å². The van der Waals surface area contributed by atoms with E-state index in [0.29, 0.717) is 17.9 Å². The van der Waals surface area contributed by atoms with Crippen LogP contribution in [-0.4, -0.2) is 52.9 Å². The molecular weight excluding hydrogens is 398 g/mol. The number of carbonyl (C=O) groups is 2. The van der Waals surface area contributed by atoms with Crippen molar-refractivity contribution in [3.8, 4) is 11.3 Å². The number of nitrogens with one attached hydrogen (secondary N) is 4. The molecule has 11 heteroatoms. The normalized spacial score (nSPS) is 15.6. The van der Waals surface area contributed by atoms with Crippen LogP contribution in [0.5, 0.6) is 0 Å². The molecule has 0 saturated heterocycles. The summed E-state index contributed by atoms with van der Waals surface area (Å²) < 4.78 is 43.6. The summed E-state index contributed by atoms with van der Waals surface area (Å²) in [5.41, 5.74) is 3.61. The van der Waals surface area contributed by atoms with E-state index in [1.165, 1.54) is 10.9 Å². The third-order valence-corrected chi connectivity index (χ3v) is 4.73. The highest BCUT2D eigenvalue weighted by Gasteiger charge is 2.27. The van der Waals surface area contributed by atoms with Crippen LogP contribution in [0.1, 0.15) is 24.3 Å². The first-order chi connectivity index (χ1) is 17.2. The molecule has 160 valence electrons. The summed E-state index contributed by atoms with van der Waals surface area (Å²) in [4.78, 5) is 32.2. The van der Waals surface area contributed by atoms with Crippen molar-refractivity contribution in [3.63, 3.8) is 0 Å². The second-order valence-electron chi connectivity index (χ2n) is 6.82. The maximum absolute atomic E-state index is 12.8. The van der Waals surface area contributed by atoms with Crippen molar-refractivity contribution in [2.24, 2.45) is 7.05 Å². The second-order valence-corrected chi connectivity index (χ2v) is 6.82. The Morgan fingerprint density at radius 1 is 1.13 bits per heavy atom. The van der Waals surface area contributed by atoms with Gasteiger partial charge in [-0.1, -0.05) is 12.1 Å². The first-order valence-electron chi connectivity index (χ1n) is 12.1. The van der Waals surface area contributed by atoms with Gasteiger partial charge in [-0.2, -0.15) is 15.0 Å². The van der Waals surface area contributed by atoms with Crippen LogP contribution in [0.3, 0.4) is 0 Å². The topological polar surface area (TPSA) is 129 Å². The summed E-state index contributed by atoms with van der Waals surface area (Å²) >= 11 is 0. The van der Waals surface area contributed by atoms with Gasteiger partial charge in [-0.15, -0.1) is 0 Å². The van der Waals surface area contributed by atoms with Gasteiger partial charge in [0.25, 0.3) is 5.91 Å². The zero-order chi connectivity index (χ0) is 27.1. The predicted octanol–water partition coefficient (Wildman–Crippen LogP) is 1.68. The van der Waals surface area contributed by atoms with E-state index in [-0.39, 0.29) is 17.1 Å². The van der Waals surface area contributed by atoms with Crippen molar-refractivity contribution >= 4 is 34.8 Å². The maximum Gasteiger partial charge on any atom is 0.320 e. The number of hydrogen-bond acceptors (Lipinski definition) is 7. The standard InChI is InChI=1S/C20H23N9O2/c1-21-19(30)12-9-23-16(25-20(31)22-2)8-14(12)24-13-7-5-6-11-17-15(26-29(4)27-17)10-28(3)18(11)13/h5-9H,10H2,1-4H3,(H,21,30)(H3,22,23,24,25,31)/i1D3,2D3. The number of rotatable bonds is 4. The molecule has 0 radical (unpaired) electrons. The first kappa shape index (κ1) is 14.0. The smallest absolute Gasteiger partial charge is 0.320 e. The van der Waals surface area contributed by atoms with Crippen LogP contribution >= 0.6 is 0 Å². The molecule has 0 saturated carbocycles. The number of fused-ring (bicyclic) bond motifs is 3. The minimum Gasteiger partial charge on any atom is -0.366 e. The lowest BCUT2D eigenvalue weighted by Crippen LogP contribution is -2.26. The Bertz CT molecular complexity index is 1370. The largest absolute Gasteiger partial charge is 0.366 e. The minimum atomic E-state index is -2.75. The van der Waals surface area contributed by atoms with Crippen molar-refractivity contribution < 1.29 is 17.8 Å². The van der Waals surface area contributed by atoms with Crippen LogP contribution in [0, 0.1) is 0 Å². The minimum absolute atomic E-state index is 0.0796. The molecule has 1 aliphatic heterocycles. The van der Waals surface area contributed by atoms with Gasteiger partial charge < -0.3 is 20.9 Å². The van der Waals surface area contributed by atoms with E-state index in [9.17, 15) is 9.59 Å². The van der Waals surface area contributed by atoms with E-state index < -0.39 is 25.9 Å². The Balaban J connectivity index is 1.74. The summed E-state index contributed by atoms with van der Waals surface area (Å²) in [7, 11) is 3.59. The van der Waals surface area contributed by atoms with E-state index >= 15 is 0 Å². The number of urea groups is 1. The van der Waals surface area contributed by atoms with Crippen LogP contribution in [-0.2, 0) is 13.6 Å². The number of para-hydroxylation sites is 1. The van der Waals surface area contributed by atoms with Crippen molar-refractivity contribution in [2.75, 3.05) is 36.5 Å². The molecule has 3 amide bonds. The maximum atomic E-state index is 12.8. The van der Waals surface area contributed by atoms with Crippen molar-refractivity contribution in [3.05, 3.63) is 41.7 Å². The average molecular weight is 428 g/mol. The van der Waals surface area contributed by atoms with Gasteiger partial charge in [0.1, 0.15) is 17.2 Å². The summed E-state index contributed by atoms with van der Waals surface area (Å²) in [5.74, 6) is -1.01. The fourth-order valence-electron chi connectivity index (χ4n) is 3.48. The highest BCUT2D eigenvalue weighted by atomic mass is 16.2. The molecule has 0 unspecified atom stereocenters. The summed E-state index contributed by atoms with van der Waals surface area (Å²) in [6.45, 7) is -5.00. The molecule has 0 bridgehead atoms. The van der Waals surface area contributed by atoms with Gasteiger partial charge in [0.15, 0.2) is 0 Å². The molecular formula is C20H23N9O2. The fraction of sp³-hybridized carbons (Fsp3) is 0.250. The monoisotopic (exact) mass is 427 g/mol. The number of hydrogen-bond donors (Lipinski definition) is 4. The number of benzene rings is 1. The van der Waals surface area contributed by atoms with Gasteiger partial charge in [-0.05, 0) is 6.07 Å². The third-order valence-electron chi connectivity index (χ3n) is 4.73. The van der Waals surface area contributed by atoms with Crippen LogP contribution in [0.4, 0.5) is 27.7 Å². The molecule has 1 aromatic carbocycles. The third kappa shape index (κ3) is 3.72. The highest BCUT2D eigenvalue weighted by Crippen LogP contribution is 2.42. The molecule has 4 N–H and O–H groups in total. The molecule has 31 heavy (non-hydrogen) atoms. The number of nitrogens with zero attached hydrogens (tertiary/aromatic N) is 5. The number of pyridine rings is 1. The Labute approximate surface area is 187 Å². The fourth-order valence-corrected chi connectivity index (χ4v) is 3.48. The average Bonchev–Trinajstić information content (AvgIpc) is 3.11. The lowest BCUT2D eigenvalue weighted by Gasteiger charge is -2.29. The molecule has 2 aromatic heterocycles. The van der Waals surface area contributed by atoms with Gasteiger partial charge in [-0.25, -0.2) is 9.78 Å². The van der Waals surface area contributed by atoms with E-state index in [2.05, 4.69) is 25.8 Å². The van der Waals surface area contributed by atoms with Gasteiger partial charge in [0.2, 0.25) is 0 Å². The van der Waals surface area contributed by atoms with E-state index in [4.69, 9.17) is 8.22 Å². The number of aromatic nitrogens is 4. The molecule has 11 nitrogen and oxygen atoms in total. The summed E-state index contributed by atoms with van der Waals surface area (Å²) in [6, 6.07) is 5.68. The van der Waals surface area contributed by atoms with Crippen molar-refractivity contribution in [1.82, 2.24) is 30.6 Å². The molecule has 0 aliphatic carbocycles. The van der Waals surface area contributed by atoms with Crippen LogP contribution in [0.15, 0.2) is 30.5 Å². The SMILES string of the molecule is [2H]C([2H])([2H])NC(=O)Nc1cc(Nc2cccc3c2N(C)Cc2nn(C)nc2-3)c(C(=O)NC([2H])([2H])[2H])cn1. The zero-order valence-corrected chi connectivity index (χ0v) is 16.6. The lowest BCUT2D eigenvalue weighted by molar-refractivity contribution is 0.0963. The first-order valence-corrected chi connectivity index (χ1v) is 9.14. The van der Waals surface area contributed by atoms with Crippen LogP contribution < -0.4 is 26.2 Å². The Kier molecular flexibility index (Phi) is 3.57. The number of amides is 3. The van der Waals surface area contributed by atoms with Gasteiger partial charge >= 0.3 is 6.03 Å². The Hall–Kier alpha value is -4.15. The predicted molar refractivity (Wildman–Crippen MR) is 118 cm³/mol. The Morgan fingerprint density at radius 2 is 1.97 bits per heavy atom. The van der Waals surface area contributed by atoms with E-state index in [1.807, 2.05) is 23.3 Å². The van der Waals surface area contributed by atoms with Crippen LogP contribution in [0.2, 0.25) is 0 Å². The van der Waals surface area contributed by atoms with Crippen molar-refractivity contribution in [2.45, 2.75) is 6.54 Å². The van der Waals surface area contributed by atoms with Gasteiger partial charge in [-0.3, -0.25) is 10.1 Å². The highest BCUT2D eigenvalue weighted by molar-refractivity contribution is 6.02. The van der Waals surface area contributed by atoms with Gasteiger partial charge in [0, 0.05) is 54.1 Å². The number of carbonyl (C=O) groups excluding carboxylic acids is 2. The molecule has 3 aromatic rings. The molecule has 0 spiro atoms. The zero-order valence-electron chi connectivity index (χ0n) is 22.6. The van der Waals surface area contributed by atoms with E-state index in [1.54, 1.807) is 24.5 Å². The molecule has 0 fully saturated rings. The second kappa shape index (κ2) is 7.94. The quantitative estimate of drug-likeness (QED) is 0.498. The molecule has 1 aliphatic rings. The van der Waals surface area contributed by atoms with Crippen molar-refractivity contribution in [1.29, 1.82) is 0 Å². The summed E-state index contributed by atoms with van der Waals surface area (Å²) in [5, 5.41) is 18.0. The molecule has 0 atom stereocenters. The Morgan fingerprint density at radius 3 is 2.77 bits per heavy atom.